The van der Waals surface area contributed by atoms with Crippen molar-refractivity contribution in [3.63, 3.8) is 0 Å². The highest BCUT2D eigenvalue weighted by molar-refractivity contribution is 5.88. The third-order valence-electron chi connectivity index (χ3n) is 6.48. The number of hydrogen-bond acceptors (Lipinski definition) is 3. The quantitative estimate of drug-likeness (QED) is 0.251. The molecule has 0 radical (unpaired) electrons. The zero-order valence-corrected chi connectivity index (χ0v) is 18.0. The summed E-state index contributed by atoms with van der Waals surface area (Å²) in [5.74, 6) is -0.142. The van der Waals surface area contributed by atoms with Crippen molar-refractivity contribution in [1.29, 1.82) is 0 Å². The molecule has 1 aromatic heterocycles. The van der Waals surface area contributed by atoms with Crippen LogP contribution < -0.4 is 10.6 Å². The Kier molecular flexibility index (Phi) is 6.28. The van der Waals surface area contributed by atoms with Gasteiger partial charge < -0.3 is 15.4 Å². The van der Waals surface area contributed by atoms with Crippen LogP contribution in [0.4, 0.5) is 0 Å². The summed E-state index contributed by atoms with van der Waals surface area (Å²) in [6.45, 7) is 1.88. The Balaban J connectivity index is 1.35. The summed E-state index contributed by atoms with van der Waals surface area (Å²) in [7, 11) is 0. The predicted octanol–water partition coefficient (Wildman–Crippen LogP) is 3.91. The lowest BCUT2D eigenvalue weighted by atomic mass is 9.96. The summed E-state index contributed by atoms with van der Waals surface area (Å²) in [4.78, 5) is 27.3. The van der Waals surface area contributed by atoms with Crippen LogP contribution in [0.1, 0.15) is 44.6 Å². The van der Waals surface area contributed by atoms with Crippen LogP contribution in [0.2, 0.25) is 0 Å². The van der Waals surface area contributed by atoms with Crippen molar-refractivity contribution in [3.05, 3.63) is 59.8 Å². The van der Waals surface area contributed by atoms with E-state index in [4.69, 9.17) is 0 Å². The van der Waals surface area contributed by atoms with Crippen molar-refractivity contribution in [2.75, 3.05) is 6.54 Å². The summed E-state index contributed by atoms with van der Waals surface area (Å²) in [6, 6.07) is 7.77. The summed E-state index contributed by atoms with van der Waals surface area (Å²) in [5, 5.41) is 16.8. The van der Waals surface area contributed by atoms with Crippen molar-refractivity contribution in [3.8, 4) is 0 Å². The Bertz CT molecular complexity index is 1020. The van der Waals surface area contributed by atoms with E-state index in [1.807, 2.05) is 30.5 Å². The zero-order valence-electron chi connectivity index (χ0n) is 18.0. The molecule has 1 heterocycles. The van der Waals surface area contributed by atoms with Crippen molar-refractivity contribution in [1.82, 2.24) is 15.6 Å². The molecule has 2 aromatic rings. The number of rotatable bonds is 11. The highest BCUT2D eigenvalue weighted by Gasteiger charge is 2.39. The van der Waals surface area contributed by atoms with Crippen molar-refractivity contribution in [2.45, 2.75) is 51.1 Å². The number of amides is 1. The molecule has 0 aliphatic heterocycles. The number of carboxylic acids is 1. The molecule has 2 aliphatic rings. The van der Waals surface area contributed by atoms with Gasteiger partial charge in [-0.1, -0.05) is 48.4 Å². The van der Waals surface area contributed by atoms with E-state index in [2.05, 4.69) is 33.8 Å². The molecule has 4 N–H and O–H groups in total. The lowest BCUT2D eigenvalue weighted by Gasteiger charge is -2.31. The number of para-hydroxylation sites is 1. The highest BCUT2D eigenvalue weighted by Crippen LogP contribution is 2.40. The summed E-state index contributed by atoms with van der Waals surface area (Å²) in [5.41, 5.74) is 1.84. The summed E-state index contributed by atoms with van der Waals surface area (Å²) < 4.78 is 0. The molecule has 0 saturated heterocycles. The van der Waals surface area contributed by atoms with Crippen LogP contribution in [0, 0.1) is 11.8 Å². The number of allylic oxidation sites excluding steroid dienone is 4. The van der Waals surface area contributed by atoms with Gasteiger partial charge in [0.15, 0.2) is 5.66 Å². The van der Waals surface area contributed by atoms with Gasteiger partial charge in [-0.05, 0) is 55.7 Å². The predicted molar refractivity (Wildman–Crippen MR) is 121 cm³/mol. The number of benzene rings is 1. The van der Waals surface area contributed by atoms with Crippen molar-refractivity contribution < 1.29 is 14.7 Å². The third-order valence-corrected chi connectivity index (χ3v) is 6.48. The first kappa shape index (κ1) is 21.4. The number of hydrogen-bond donors (Lipinski definition) is 4. The van der Waals surface area contributed by atoms with E-state index in [0.717, 1.165) is 42.1 Å². The molecule has 0 spiro atoms. The molecule has 2 unspecified atom stereocenters. The molecule has 2 bridgehead atoms. The minimum atomic E-state index is -1.53. The number of carboxylic acid groups (broad SMARTS) is 1. The highest BCUT2D eigenvalue weighted by atomic mass is 16.4. The first-order chi connectivity index (χ1) is 15.0. The molecule has 3 atom stereocenters. The number of fused-ring (bicyclic) bond motifs is 3. The maximum atomic E-state index is 12.3. The molecule has 4 rings (SSSR count). The van der Waals surface area contributed by atoms with Gasteiger partial charge in [0.25, 0.3) is 0 Å². The molecule has 6 nitrogen and oxygen atoms in total. The third kappa shape index (κ3) is 4.74. The second-order valence-electron chi connectivity index (χ2n) is 8.80. The van der Waals surface area contributed by atoms with Gasteiger partial charge in [-0.3, -0.25) is 10.1 Å². The van der Waals surface area contributed by atoms with Crippen molar-refractivity contribution >= 4 is 22.8 Å². The van der Waals surface area contributed by atoms with E-state index < -0.39 is 11.6 Å². The standard InChI is InChI=1S/C25H31N3O3/c1-17(29)28-25(24(30)31,15-21-16-26-23-9-5-4-8-22(21)23)27-12-6-2-3-7-19-13-18-10-11-20(19)14-18/h4-5,8-11,13,16,18,20,26-27H,2-3,6-7,12,14-15H2,1H3,(H,28,29)(H,30,31)/t18?,20?,25-/m1/s1. The van der Waals surface area contributed by atoms with Gasteiger partial charge in [-0.2, -0.15) is 0 Å². The SMILES string of the molecule is CC(=O)N[C@@](Cc1c[nH]c2ccccc12)(NCCCCCC1=CC2C=CC1C2)C(=O)O. The van der Waals surface area contributed by atoms with Crippen LogP contribution in [-0.4, -0.2) is 34.2 Å². The Labute approximate surface area is 182 Å². The normalized spacial score (nSPS) is 21.3. The second-order valence-corrected chi connectivity index (χ2v) is 8.80. The van der Waals surface area contributed by atoms with E-state index in [9.17, 15) is 14.7 Å². The number of H-pyrrole nitrogens is 1. The number of nitrogens with one attached hydrogen (secondary N) is 3. The largest absolute Gasteiger partial charge is 0.478 e. The maximum Gasteiger partial charge on any atom is 0.345 e. The molecular formula is C25H31N3O3. The van der Waals surface area contributed by atoms with E-state index in [1.54, 1.807) is 5.57 Å². The molecule has 164 valence electrons. The van der Waals surface area contributed by atoms with Crippen LogP contribution in [0.3, 0.4) is 0 Å². The summed E-state index contributed by atoms with van der Waals surface area (Å²) in [6.07, 6.45) is 14.4. The number of unbranched alkanes of at least 4 members (excludes halogenated alkanes) is 2. The van der Waals surface area contributed by atoms with Gasteiger partial charge in [0.1, 0.15) is 0 Å². The molecule has 1 aromatic carbocycles. The molecule has 0 saturated carbocycles. The minimum absolute atomic E-state index is 0.161. The zero-order chi connectivity index (χ0) is 21.8. The van der Waals surface area contributed by atoms with Crippen LogP contribution in [-0.2, 0) is 16.0 Å². The maximum absolute atomic E-state index is 12.3. The Morgan fingerprint density at radius 3 is 2.74 bits per heavy atom. The van der Waals surface area contributed by atoms with E-state index in [0.29, 0.717) is 18.4 Å². The average molecular weight is 422 g/mol. The number of aliphatic carboxylic acids is 1. The van der Waals surface area contributed by atoms with Crippen LogP contribution in [0.25, 0.3) is 10.9 Å². The van der Waals surface area contributed by atoms with Crippen molar-refractivity contribution in [2.24, 2.45) is 11.8 Å². The van der Waals surface area contributed by atoms with Gasteiger partial charge in [-0.25, -0.2) is 4.79 Å². The van der Waals surface area contributed by atoms with Crippen LogP contribution in [0.15, 0.2) is 54.3 Å². The van der Waals surface area contributed by atoms with Gasteiger partial charge >= 0.3 is 5.97 Å². The first-order valence-electron chi connectivity index (χ1n) is 11.2. The molecule has 1 amide bonds. The Morgan fingerprint density at radius 1 is 1.19 bits per heavy atom. The second kappa shape index (κ2) is 9.10. The topological polar surface area (TPSA) is 94.2 Å². The van der Waals surface area contributed by atoms with E-state index >= 15 is 0 Å². The van der Waals surface area contributed by atoms with E-state index in [1.165, 1.54) is 13.3 Å². The fourth-order valence-electron chi connectivity index (χ4n) is 4.95. The number of carbonyl (C=O) groups is 2. The van der Waals surface area contributed by atoms with Crippen LogP contribution >= 0.6 is 0 Å². The van der Waals surface area contributed by atoms with Crippen LogP contribution in [0.5, 0.6) is 0 Å². The number of aromatic nitrogens is 1. The Hall–Kier alpha value is -2.86. The fraction of sp³-hybridized carbons (Fsp3) is 0.440. The molecular weight excluding hydrogens is 390 g/mol. The molecule has 6 heteroatoms. The average Bonchev–Trinajstić information content (AvgIpc) is 3.46. The number of aromatic amines is 1. The van der Waals surface area contributed by atoms with Gasteiger partial charge in [-0.15, -0.1) is 0 Å². The van der Waals surface area contributed by atoms with E-state index in [-0.39, 0.29) is 12.3 Å². The van der Waals surface area contributed by atoms with Gasteiger partial charge in [0.05, 0.1) is 0 Å². The monoisotopic (exact) mass is 421 g/mol. The lowest BCUT2D eigenvalue weighted by Crippen LogP contribution is -2.65. The summed E-state index contributed by atoms with van der Waals surface area (Å²) >= 11 is 0. The lowest BCUT2D eigenvalue weighted by molar-refractivity contribution is -0.149. The number of carbonyl (C=O) groups excluding carboxylic acids is 1. The molecule has 31 heavy (non-hydrogen) atoms. The minimum Gasteiger partial charge on any atom is -0.478 e. The Morgan fingerprint density at radius 2 is 2.03 bits per heavy atom. The smallest absolute Gasteiger partial charge is 0.345 e. The first-order valence-corrected chi connectivity index (χ1v) is 11.2. The van der Waals surface area contributed by atoms with Gasteiger partial charge in [0.2, 0.25) is 5.91 Å². The molecule has 2 aliphatic carbocycles. The van der Waals surface area contributed by atoms with Gasteiger partial charge in [0, 0.05) is 30.4 Å². The fourth-order valence-corrected chi connectivity index (χ4v) is 4.95. The molecule has 0 fully saturated rings.